The van der Waals surface area contributed by atoms with Crippen LogP contribution in [0.2, 0.25) is 0 Å². The fourth-order valence-electron chi connectivity index (χ4n) is 2.53. The molecule has 0 radical (unpaired) electrons. The van der Waals surface area contributed by atoms with Crippen LogP contribution in [0.1, 0.15) is 20.8 Å². The topological polar surface area (TPSA) is 65.7 Å². The van der Waals surface area contributed by atoms with E-state index >= 15 is 0 Å². The molecule has 134 valence electrons. The Balaban J connectivity index is 1.82. The van der Waals surface area contributed by atoms with Gasteiger partial charge in [0.15, 0.2) is 12.0 Å². The standard InChI is InChI=1S/C21H20O5/c1-21(2,3)26-19(22)13-24-15-9-10-16-18(11-15)25-12-17(20(16)23)14-7-5-4-6-8-14/h4-12H,13H2,1-3H3. The second-order valence-corrected chi connectivity index (χ2v) is 6.88. The van der Waals surface area contributed by atoms with E-state index in [-0.39, 0.29) is 12.0 Å². The Morgan fingerprint density at radius 2 is 1.81 bits per heavy atom. The van der Waals surface area contributed by atoms with E-state index in [0.717, 1.165) is 5.56 Å². The summed E-state index contributed by atoms with van der Waals surface area (Å²) in [5.41, 5.74) is 1.02. The van der Waals surface area contributed by atoms with Gasteiger partial charge in [-0.3, -0.25) is 4.79 Å². The first-order chi connectivity index (χ1) is 12.3. The molecule has 0 aliphatic carbocycles. The van der Waals surface area contributed by atoms with Gasteiger partial charge in [-0.05, 0) is 38.5 Å². The largest absolute Gasteiger partial charge is 0.482 e. The minimum atomic E-state index is -0.565. The van der Waals surface area contributed by atoms with E-state index < -0.39 is 11.6 Å². The third kappa shape index (κ3) is 4.11. The van der Waals surface area contributed by atoms with E-state index in [1.165, 1.54) is 6.26 Å². The van der Waals surface area contributed by atoms with Crippen LogP contribution in [0.5, 0.6) is 5.75 Å². The fraction of sp³-hybridized carbons (Fsp3) is 0.238. The van der Waals surface area contributed by atoms with Crippen molar-refractivity contribution in [2.45, 2.75) is 26.4 Å². The van der Waals surface area contributed by atoms with Crippen molar-refractivity contribution in [2.24, 2.45) is 0 Å². The molecule has 0 fully saturated rings. The molecule has 0 aliphatic rings. The third-order valence-electron chi connectivity index (χ3n) is 3.61. The fourth-order valence-corrected chi connectivity index (χ4v) is 2.53. The average molecular weight is 352 g/mol. The van der Waals surface area contributed by atoms with Crippen LogP contribution < -0.4 is 10.2 Å². The van der Waals surface area contributed by atoms with Gasteiger partial charge in [0.25, 0.3) is 0 Å². The number of esters is 1. The van der Waals surface area contributed by atoms with Crippen molar-refractivity contribution in [1.82, 2.24) is 0 Å². The lowest BCUT2D eigenvalue weighted by molar-refractivity contribution is -0.157. The molecule has 0 atom stereocenters. The van der Waals surface area contributed by atoms with Gasteiger partial charge in [0, 0.05) is 6.07 Å². The van der Waals surface area contributed by atoms with Crippen LogP contribution in [-0.4, -0.2) is 18.2 Å². The zero-order valence-electron chi connectivity index (χ0n) is 14.9. The molecular weight excluding hydrogens is 332 g/mol. The van der Waals surface area contributed by atoms with Crippen LogP contribution >= 0.6 is 0 Å². The molecule has 0 N–H and O–H groups in total. The highest BCUT2D eigenvalue weighted by Gasteiger charge is 2.17. The van der Waals surface area contributed by atoms with Gasteiger partial charge in [-0.25, -0.2) is 4.79 Å². The predicted molar refractivity (Wildman–Crippen MR) is 99.3 cm³/mol. The molecule has 0 unspecified atom stereocenters. The molecule has 1 heterocycles. The maximum absolute atomic E-state index is 12.7. The molecule has 5 heteroatoms. The molecule has 26 heavy (non-hydrogen) atoms. The van der Waals surface area contributed by atoms with Crippen molar-refractivity contribution in [3.63, 3.8) is 0 Å². The summed E-state index contributed by atoms with van der Waals surface area (Å²) in [7, 11) is 0. The summed E-state index contributed by atoms with van der Waals surface area (Å²) in [6, 6.07) is 14.2. The molecule has 0 spiro atoms. The Hall–Kier alpha value is -3.08. The van der Waals surface area contributed by atoms with Gasteiger partial charge in [-0.2, -0.15) is 0 Å². The quantitative estimate of drug-likeness (QED) is 0.659. The molecular formula is C21H20O5. The zero-order valence-corrected chi connectivity index (χ0v) is 14.9. The SMILES string of the molecule is CC(C)(C)OC(=O)COc1ccc2c(=O)c(-c3ccccc3)coc2c1. The summed E-state index contributed by atoms with van der Waals surface area (Å²) in [6.45, 7) is 5.16. The zero-order chi connectivity index (χ0) is 18.7. The summed E-state index contributed by atoms with van der Waals surface area (Å²) in [4.78, 5) is 24.4. The highest BCUT2D eigenvalue weighted by Crippen LogP contribution is 2.23. The molecule has 0 bridgehead atoms. The number of ether oxygens (including phenoxy) is 2. The predicted octanol–water partition coefficient (Wildman–Crippen LogP) is 4.18. The molecule has 3 aromatic rings. The number of fused-ring (bicyclic) bond motifs is 1. The Morgan fingerprint density at radius 1 is 1.08 bits per heavy atom. The number of carbonyl (C=O) groups is 1. The Labute approximate surface area is 151 Å². The molecule has 2 aromatic carbocycles. The first-order valence-corrected chi connectivity index (χ1v) is 8.29. The maximum Gasteiger partial charge on any atom is 0.344 e. The summed E-state index contributed by atoms with van der Waals surface area (Å²) < 4.78 is 16.2. The van der Waals surface area contributed by atoms with Crippen molar-refractivity contribution < 1.29 is 18.7 Å². The Kier molecular flexibility index (Phi) is 4.80. The molecule has 0 aliphatic heterocycles. The Bertz CT molecular complexity index is 981. The van der Waals surface area contributed by atoms with Crippen molar-refractivity contribution in [3.05, 3.63) is 65.0 Å². The highest BCUT2D eigenvalue weighted by molar-refractivity contribution is 5.82. The van der Waals surface area contributed by atoms with E-state index in [1.807, 2.05) is 30.3 Å². The van der Waals surface area contributed by atoms with Crippen LogP contribution in [0.3, 0.4) is 0 Å². The van der Waals surface area contributed by atoms with Crippen LogP contribution in [0.15, 0.2) is 64.0 Å². The van der Waals surface area contributed by atoms with Crippen molar-refractivity contribution in [1.29, 1.82) is 0 Å². The van der Waals surface area contributed by atoms with E-state index in [0.29, 0.717) is 22.3 Å². The second kappa shape index (κ2) is 7.04. The summed E-state index contributed by atoms with van der Waals surface area (Å²) in [6.07, 6.45) is 1.44. The Morgan fingerprint density at radius 3 is 2.50 bits per heavy atom. The number of hydrogen-bond donors (Lipinski definition) is 0. The van der Waals surface area contributed by atoms with Crippen LogP contribution in [0.25, 0.3) is 22.1 Å². The van der Waals surface area contributed by atoms with Crippen molar-refractivity contribution >= 4 is 16.9 Å². The summed E-state index contributed by atoms with van der Waals surface area (Å²) in [5, 5.41) is 0.455. The van der Waals surface area contributed by atoms with E-state index in [1.54, 1.807) is 39.0 Å². The van der Waals surface area contributed by atoms with Gasteiger partial charge < -0.3 is 13.9 Å². The minimum absolute atomic E-state index is 0.115. The normalized spacial score (nSPS) is 11.3. The summed E-state index contributed by atoms with van der Waals surface area (Å²) in [5.74, 6) is -0.0301. The van der Waals surface area contributed by atoms with Crippen LogP contribution in [0.4, 0.5) is 0 Å². The monoisotopic (exact) mass is 352 g/mol. The molecule has 0 amide bonds. The molecule has 0 saturated heterocycles. The van der Waals surface area contributed by atoms with Crippen molar-refractivity contribution in [2.75, 3.05) is 6.61 Å². The van der Waals surface area contributed by atoms with Gasteiger partial charge in [0.05, 0.1) is 10.9 Å². The molecule has 0 saturated carbocycles. The second-order valence-electron chi connectivity index (χ2n) is 6.88. The summed E-state index contributed by atoms with van der Waals surface area (Å²) >= 11 is 0. The molecule has 1 aromatic heterocycles. The maximum atomic E-state index is 12.7. The van der Waals surface area contributed by atoms with Gasteiger partial charge in [0.2, 0.25) is 0 Å². The highest BCUT2D eigenvalue weighted by atomic mass is 16.6. The van der Waals surface area contributed by atoms with Gasteiger partial charge in [0.1, 0.15) is 23.2 Å². The lowest BCUT2D eigenvalue weighted by Gasteiger charge is -2.19. The lowest BCUT2D eigenvalue weighted by atomic mass is 10.1. The number of benzene rings is 2. The van der Waals surface area contributed by atoms with Crippen molar-refractivity contribution in [3.8, 4) is 16.9 Å². The molecule has 5 nitrogen and oxygen atoms in total. The molecule has 3 rings (SSSR count). The first kappa shape index (κ1) is 17.7. The number of hydrogen-bond acceptors (Lipinski definition) is 5. The number of rotatable bonds is 4. The van der Waals surface area contributed by atoms with Crippen LogP contribution in [0, 0.1) is 0 Å². The first-order valence-electron chi connectivity index (χ1n) is 8.29. The number of carbonyl (C=O) groups excluding carboxylic acids is 1. The van der Waals surface area contributed by atoms with E-state index in [9.17, 15) is 9.59 Å². The van der Waals surface area contributed by atoms with E-state index in [2.05, 4.69) is 0 Å². The van der Waals surface area contributed by atoms with Gasteiger partial charge in [-0.1, -0.05) is 30.3 Å². The van der Waals surface area contributed by atoms with Gasteiger partial charge in [-0.15, -0.1) is 0 Å². The third-order valence-corrected chi connectivity index (χ3v) is 3.61. The van der Waals surface area contributed by atoms with E-state index in [4.69, 9.17) is 13.9 Å². The van der Waals surface area contributed by atoms with Gasteiger partial charge >= 0.3 is 5.97 Å². The minimum Gasteiger partial charge on any atom is -0.482 e. The smallest absolute Gasteiger partial charge is 0.344 e. The average Bonchev–Trinajstić information content (AvgIpc) is 2.59. The lowest BCUT2D eigenvalue weighted by Crippen LogP contribution is -2.27. The van der Waals surface area contributed by atoms with Crippen LogP contribution in [-0.2, 0) is 9.53 Å².